The molecule has 3 atom stereocenters. The largest absolute Gasteiger partial charge is 0.444 e. The van der Waals surface area contributed by atoms with E-state index in [4.69, 9.17) is 9.47 Å². The number of rotatable bonds is 3. The molecule has 2 aromatic rings. The van der Waals surface area contributed by atoms with Crippen LogP contribution in [0.2, 0.25) is 0 Å². The Hall–Kier alpha value is -3.07. The smallest absolute Gasteiger partial charge is 0.416 e. The fourth-order valence-electron chi connectivity index (χ4n) is 4.54. The summed E-state index contributed by atoms with van der Waals surface area (Å²) in [6.45, 7) is 5.38. The highest BCUT2D eigenvalue weighted by atomic mass is 79.9. The van der Waals surface area contributed by atoms with Crippen molar-refractivity contribution in [2.24, 2.45) is 0 Å². The molecule has 34 heavy (non-hydrogen) atoms. The minimum absolute atomic E-state index is 0.0397. The molecule has 0 unspecified atom stereocenters. The Labute approximate surface area is 207 Å². The van der Waals surface area contributed by atoms with Gasteiger partial charge in [0.05, 0.1) is 10.0 Å². The van der Waals surface area contributed by atoms with Crippen LogP contribution in [0.15, 0.2) is 54.6 Å². The van der Waals surface area contributed by atoms with Gasteiger partial charge in [-0.25, -0.2) is 9.59 Å². The third kappa shape index (κ3) is 4.24. The van der Waals surface area contributed by atoms with Crippen molar-refractivity contribution in [1.29, 1.82) is 0 Å². The summed E-state index contributed by atoms with van der Waals surface area (Å²) in [5, 5.41) is 2.63. The Balaban J connectivity index is 1.75. The van der Waals surface area contributed by atoms with Gasteiger partial charge in [0.15, 0.2) is 0 Å². The number of likely N-dealkylation sites (N-methyl/N-ethyl adjacent to an activating group) is 1. The first-order chi connectivity index (χ1) is 16.1. The van der Waals surface area contributed by atoms with Crippen LogP contribution in [0.3, 0.4) is 0 Å². The van der Waals surface area contributed by atoms with E-state index in [0.717, 1.165) is 11.1 Å². The average molecular weight is 530 g/mol. The zero-order valence-corrected chi connectivity index (χ0v) is 21.2. The molecule has 3 amide bonds. The van der Waals surface area contributed by atoms with E-state index in [1.165, 1.54) is 16.8 Å². The number of ether oxygens (including phenoxy) is 2. The molecular weight excluding hydrogens is 502 g/mol. The highest BCUT2D eigenvalue weighted by Crippen LogP contribution is 2.58. The molecule has 1 N–H and O–H groups in total. The Morgan fingerprint density at radius 1 is 1.06 bits per heavy atom. The molecule has 4 rings (SSSR count). The molecule has 0 bridgehead atoms. The fraction of sp³-hybridized carbons (Fsp3) is 0.400. The van der Waals surface area contributed by atoms with Crippen molar-refractivity contribution >= 4 is 39.7 Å². The van der Waals surface area contributed by atoms with Crippen molar-refractivity contribution in [2.45, 2.75) is 55.9 Å². The molecular formula is C25H28BrN3O5. The third-order valence-corrected chi connectivity index (χ3v) is 7.07. The number of nitrogens with one attached hydrogen (secondary N) is 1. The summed E-state index contributed by atoms with van der Waals surface area (Å²) in [6.07, 6.45) is -1.89. The molecule has 2 heterocycles. The minimum atomic E-state index is -0.872. The zero-order valence-electron chi connectivity index (χ0n) is 19.6. The number of nitrogens with zero attached hydrogens (tertiary/aromatic N) is 2. The molecule has 9 heteroatoms. The second-order valence-electron chi connectivity index (χ2n) is 9.39. The topological polar surface area (TPSA) is 88.2 Å². The van der Waals surface area contributed by atoms with Crippen LogP contribution >= 0.6 is 15.9 Å². The maximum absolute atomic E-state index is 13.5. The van der Waals surface area contributed by atoms with Crippen LogP contribution in [-0.4, -0.2) is 47.8 Å². The predicted octanol–water partition coefficient (Wildman–Crippen LogP) is 4.52. The van der Waals surface area contributed by atoms with E-state index < -0.39 is 34.3 Å². The lowest BCUT2D eigenvalue weighted by Crippen LogP contribution is -2.57. The van der Waals surface area contributed by atoms with Gasteiger partial charge in [-0.3, -0.25) is 14.6 Å². The van der Waals surface area contributed by atoms with Crippen LogP contribution in [0.25, 0.3) is 0 Å². The van der Waals surface area contributed by atoms with E-state index in [0.29, 0.717) is 5.69 Å². The van der Waals surface area contributed by atoms with Gasteiger partial charge >= 0.3 is 12.2 Å². The molecule has 2 aromatic carbocycles. The van der Waals surface area contributed by atoms with E-state index in [-0.39, 0.29) is 18.9 Å². The number of carbonyl (C=O) groups excluding carboxylic acids is 3. The van der Waals surface area contributed by atoms with E-state index >= 15 is 0 Å². The van der Waals surface area contributed by atoms with Crippen molar-refractivity contribution < 1.29 is 23.9 Å². The van der Waals surface area contributed by atoms with Crippen LogP contribution in [0.4, 0.5) is 15.3 Å². The van der Waals surface area contributed by atoms with Crippen molar-refractivity contribution in [3.8, 4) is 0 Å². The number of likely N-dealkylation sites (tertiary alicyclic amines) is 1. The van der Waals surface area contributed by atoms with Gasteiger partial charge < -0.3 is 14.8 Å². The maximum atomic E-state index is 13.5. The van der Waals surface area contributed by atoms with Crippen molar-refractivity contribution in [3.05, 3.63) is 65.7 Å². The number of alkyl halides is 1. The van der Waals surface area contributed by atoms with E-state index in [9.17, 15) is 14.4 Å². The normalized spacial score (nSPS) is 23.2. The Morgan fingerprint density at radius 3 is 2.35 bits per heavy atom. The summed E-state index contributed by atoms with van der Waals surface area (Å²) >= 11 is 3.82. The zero-order chi connectivity index (χ0) is 24.7. The first-order valence-electron chi connectivity index (χ1n) is 11.1. The lowest BCUT2D eigenvalue weighted by Gasteiger charge is -2.36. The van der Waals surface area contributed by atoms with Crippen molar-refractivity contribution in [3.63, 3.8) is 0 Å². The number of hydrogen-bond acceptors (Lipinski definition) is 5. The molecule has 0 aromatic heterocycles. The van der Waals surface area contributed by atoms with Gasteiger partial charge in [0.25, 0.3) is 0 Å². The monoisotopic (exact) mass is 529 g/mol. The summed E-state index contributed by atoms with van der Waals surface area (Å²) in [7, 11) is 1.52. The fourth-order valence-corrected chi connectivity index (χ4v) is 5.60. The second kappa shape index (κ2) is 8.94. The van der Waals surface area contributed by atoms with Gasteiger partial charge in [0, 0.05) is 13.5 Å². The van der Waals surface area contributed by atoms with E-state index in [1.54, 1.807) is 20.8 Å². The average Bonchev–Trinajstić information content (AvgIpc) is 3.24. The van der Waals surface area contributed by atoms with Gasteiger partial charge in [-0.05, 0) is 38.0 Å². The van der Waals surface area contributed by atoms with Crippen LogP contribution in [0.5, 0.6) is 0 Å². The summed E-state index contributed by atoms with van der Waals surface area (Å²) in [4.78, 5) is 42.5. The van der Waals surface area contributed by atoms with Gasteiger partial charge in [-0.2, -0.15) is 0 Å². The molecule has 2 aliphatic heterocycles. The summed E-state index contributed by atoms with van der Waals surface area (Å²) in [5.41, 5.74) is 1.49. The van der Waals surface area contributed by atoms with Gasteiger partial charge in [0.1, 0.15) is 24.4 Å². The molecule has 0 spiro atoms. The second-order valence-corrected chi connectivity index (χ2v) is 10.8. The number of para-hydroxylation sites is 1. The lowest BCUT2D eigenvalue weighted by molar-refractivity contribution is -0.125. The number of carbonyl (C=O) groups is 3. The Bertz CT molecular complexity index is 1100. The third-order valence-electron chi connectivity index (χ3n) is 5.91. The van der Waals surface area contributed by atoms with Crippen LogP contribution in [0.1, 0.15) is 38.3 Å². The number of benzene rings is 2. The maximum Gasteiger partial charge on any atom is 0.416 e. The molecule has 180 valence electrons. The highest BCUT2D eigenvalue weighted by molar-refractivity contribution is 9.09. The molecule has 0 aliphatic carbocycles. The number of fused-ring (bicyclic) bond motifs is 3. The first kappa shape index (κ1) is 24.1. The molecule has 1 saturated heterocycles. The van der Waals surface area contributed by atoms with Crippen LogP contribution < -0.4 is 10.2 Å². The van der Waals surface area contributed by atoms with Gasteiger partial charge in [-0.15, -0.1) is 0 Å². The standard InChI is InChI=1S/C25H28BrN3O5/c1-24(2,3)34-23(32)28-18-13-9-8-12-17(18)25(26)14-19(20(30)27-4)29(21(25)28)22(31)33-15-16-10-6-5-7-11-16/h5-13,19,21H,14-15H2,1-4H3,(H,27,30)/t19-,21-,25+/m1/s1. The highest BCUT2D eigenvalue weighted by Gasteiger charge is 2.64. The lowest BCUT2D eigenvalue weighted by atomic mass is 9.96. The van der Waals surface area contributed by atoms with Gasteiger partial charge in [-0.1, -0.05) is 64.5 Å². The predicted molar refractivity (Wildman–Crippen MR) is 130 cm³/mol. The number of amides is 3. The SMILES string of the molecule is CNC(=O)[C@H]1C[C@]2(Br)c3ccccc3N(C(=O)OC(C)(C)C)[C@@H]2N1C(=O)OCc1ccccc1. The van der Waals surface area contributed by atoms with Crippen LogP contribution in [0, 0.1) is 0 Å². The van der Waals surface area contributed by atoms with Crippen molar-refractivity contribution in [1.82, 2.24) is 10.2 Å². The van der Waals surface area contributed by atoms with Gasteiger partial charge in [0.2, 0.25) is 5.91 Å². The first-order valence-corrected chi connectivity index (χ1v) is 11.9. The quantitative estimate of drug-likeness (QED) is 0.590. The Kier molecular flexibility index (Phi) is 6.33. The van der Waals surface area contributed by atoms with Crippen LogP contribution in [-0.2, 0) is 25.2 Å². The molecule has 1 fully saturated rings. The number of halogens is 1. The number of hydrogen-bond donors (Lipinski definition) is 1. The summed E-state index contributed by atoms with van der Waals surface area (Å²) in [5.74, 6) is -0.341. The Morgan fingerprint density at radius 2 is 1.71 bits per heavy atom. The molecule has 0 saturated carbocycles. The molecule has 8 nitrogen and oxygen atoms in total. The molecule has 2 aliphatic rings. The van der Waals surface area contributed by atoms with E-state index in [2.05, 4.69) is 21.2 Å². The van der Waals surface area contributed by atoms with E-state index in [1.807, 2.05) is 54.6 Å². The molecule has 0 radical (unpaired) electrons. The number of anilines is 1. The minimum Gasteiger partial charge on any atom is -0.444 e. The summed E-state index contributed by atoms with van der Waals surface area (Å²) < 4.78 is 10.5. The van der Waals surface area contributed by atoms with Crippen molar-refractivity contribution in [2.75, 3.05) is 11.9 Å². The summed E-state index contributed by atoms with van der Waals surface area (Å²) in [6, 6.07) is 15.8.